The van der Waals surface area contributed by atoms with Crippen LogP contribution in [0.2, 0.25) is 5.02 Å². The maximum Gasteiger partial charge on any atom is 0.245 e. The summed E-state index contributed by atoms with van der Waals surface area (Å²) < 4.78 is 23.1. The number of furan rings is 1. The van der Waals surface area contributed by atoms with Crippen molar-refractivity contribution in [2.75, 3.05) is 10.7 Å². The lowest BCUT2D eigenvalue weighted by atomic mass is 10.3. The van der Waals surface area contributed by atoms with E-state index >= 15 is 0 Å². The smallest absolute Gasteiger partial charge is 0.245 e. The van der Waals surface area contributed by atoms with Crippen LogP contribution in [0.4, 0.5) is 21.7 Å². The molecule has 0 bridgehead atoms. The number of anilines is 3. The first-order valence-corrected chi connectivity index (χ1v) is 7.62. The van der Waals surface area contributed by atoms with Gasteiger partial charge in [-0.1, -0.05) is 11.6 Å². The molecule has 0 atom stereocenters. The molecule has 3 heterocycles. The van der Waals surface area contributed by atoms with Gasteiger partial charge in [-0.2, -0.15) is 10.1 Å². The monoisotopic (exact) mass is 373 g/mol. The van der Waals surface area contributed by atoms with E-state index in [1.807, 2.05) is 0 Å². The van der Waals surface area contributed by atoms with Crippen molar-refractivity contribution in [3.05, 3.63) is 53.2 Å². The zero-order valence-electron chi connectivity index (χ0n) is 12.8. The van der Waals surface area contributed by atoms with Crippen molar-refractivity contribution in [1.82, 2.24) is 20.3 Å². The summed E-state index contributed by atoms with van der Waals surface area (Å²) in [5.41, 5.74) is 3.63. The predicted molar refractivity (Wildman–Crippen MR) is 92.0 cm³/mol. The number of fused-ring (bicyclic) bond motifs is 1. The molecular formula is C15H9ClFN7O2. The van der Waals surface area contributed by atoms with Crippen LogP contribution in [0, 0.1) is 5.82 Å². The van der Waals surface area contributed by atoms with E-state index in [-0.39, 0.29) is 28.0 Å². The van der Waals surface area contributed by atoms with E-state index in [2.05, 4.69) is 40.8 Å². The largest absolute Gasteiger partial charge is 0.463 e. The highest BCUT2D eigenvalue weighted by Crippen LogP contribution is 2.26. The molecule has 0 saturated carbocycles. The average Bonchev–Trinajstić information content (AvgIpc) is 3.29. The van der Waals surface area contributed by atoms with Crippen molar-refractivity contribution in [1.29, 1.82) is 0 Å². The van der Waals surface area contributed by atoms with Crippen LogP contribution in [0.1, 0.15) is 5.76 Å². The molecule has 0 aliphatic heterocycles. The van der Waals surface area contributed by atoms with E-state index in [0.717, 1.165) is 0 Å². The molecule has 0 aliphatic rings. The molecule has 0 fully saturated rings. The SMILES string of the molecule is Fc1ccc(Nc2nc3nonc3nc2NN=Cc2ccco2)cc1Cl. The Hall–Kier alpha value is -3.53. The molecule has 0 unspecified atom stereocenters. The molecule has 0 saturated heterocycles. The number of hydrogen-bond acceptors (Lipinski definition) is 9. The third-order valence-corrected chi connectivity index (χ3v) is 3.49. The van der Waals surface area contributed by atoms with E-state index in [9.17, 15) is 4.39 Å². The highest BCUT2D eigenvalue weighted by molar-refractivity contribution is 6.31. The minimum absolute atomic E-state index is 0.0301. The molecule has 0 radical (unpaired) electrons. The molecule has 130 valence electrons. The Bertz CT molecular complexity index is 1080. The van der Waals surface area contributed by atoms with E-state index in [4.69, 9.17) is 16.0 Å². The number of halogens is 2. The normalized spacial score (nSPS) is 11.3. The van der Waals surface area contributed by atoms with Crippen LogP contribution in [-0.4, -0.2) is 26.5 Å². The van der Waals surface area contributed by atoms with Crippen LogP contribution in [0.3, 0.4) is 0 Å². The predicted octanol–water partition coefficient (Wildman–Crippen LogP) is 3.59. The number of aromatic nitrogens is 4. The fourth-order valence-corrected chi connectivity index (χ4v) is 2.22. The first-order chi connectivity index (χ1) is 12.7. The van der Waals surface area contributed by atoms with Gasteiger partial charge in [0.1, 0.15) is 11.6 Å². The van der Waals surface area contributed by atoms with Crippen molar-refractivity contribution in [2.24, 2.45) is 5.10 Å². The fraction of sp³-hybridized carbons (Fsp3) is 0. The van der Waals surface area contributed by atoms with Crippen molar-refractivity contribution in [3.63, 3.8) is 0 Å². The van der Waals surface area contributed by atoms with Crippen LogP contribution >= 0.6 is 11.6 Å². The molecule has 26 heavy (non-hydrogen) atoms. The summed E-state index contributed by atoms with van der Waals surface area (Å²) in [7, 11) is 0. The maximum atomic E-state index is 13.3. The summed E-state index contributed by atoms with van der Waals surface area (Å²) >= 11 is 5.80. The molecule has 0 amide bonds. The zero-order chi connectivity index (χ0) is 17.9. The molecule has 1 aromatic carbocycles. The Morgan fingerprint density at radius 3 is 2.65 bits per heavy atom. The van der Waals surface area contributed by atoms with Gasteiger partial charge in [-0.25, -0.2) is 14.0 Å². The van der Waals surface area contributed by atoms with Crippen molar-refractivity contribution >= 4 is 46.4 Å². The van der Waals surface area contributed by atoms with Gasteiger partial charge in [0, 0.05) is 5.69 Å². The Morgan fingerprint density at radius 2 is 1.92 bits per heavy atom. The number of benzene rings is 1. The summed E-state index contributed by atoms with van der Waals surface area (Å²) in [6.07, 6.45) is 2.99. The quantitative estimate of drug-likeness (QED) is 0.403. The molecular weight excluding hydrogens is 365 g/mol. The topological polar surface area (TPSA) is 114 Å². The van der Waals surface area contributed by atoms with E-state index in [1.165, 1.54) is 30.7 Å². The van der Waals surface area contributed by atoms with E-state index < -0.39 is 5.82 Å². The number of rotatable bonds is 5. The van der Waals surface area contributed by atoms with Gasteiger partial charge in [-0.05, 0) is 40.6 Å². The summed E-state index contributed by atoms with van der Waals surface area (Å²) in [5.74, 6) is 0.541. The van der Waals surface area contributed by atoms with Crippen LogP contribution < -0.4 is 10.7 Å². The van der Waals surface area contributed by atoms with Gasteiger partial charge in [0.15, 0.2) is 11.6 Å². The number of nitrogens with zero attached hydrogens (tertiary/aromatic N) is 5. The summed E-state index contributed by atoms with van der Waals surface area (Å²) in [6, 6.07) is 7.63. The Balaban J connectivity index is 1.65. The lowest BCUT2D eigenvalue weighted by Crippen LogP contribution is -2.03. The highest BCUT2D eigenvalue weighted by Gasteiger charge is 2.13. The number of hydrazone groups is 1. The summed E-state index contributed by atoms with van der Waals surface area (Å²) in [6.45, 7) is 0. The molecule has 0 spiro atoms. The first-order valence-electron chi connectivity index (χ1n) is 7.24. The highest BCUT2D eigenvalue weighted by atomic mass is 35.5. The van der Waals surface area contributed by atoms with Crippen molar-refractivity contribution in [2.45, 2.75) is 0 Å². The molecule has 3 aromatic heterocycles. The van der Waals surface area contributed by atoms with Crippen molar-refractivity contribution < 1.29 is 13.4 Å². The van der Waals surface area contributed by atoms with Gasteiger partial charge in [0.05, 0.1) is 17.5 Å². The molecule has 9 nitrogen and oxygen atoms in total. The number of nitrogens with one attached hydrogen (secondary N) is 2. The first kappa shape index (κ1) is 16.0. The van der Waals surface area contributed by atoms with Gasteiger partial charge in [-0.15, -0.1) is 0 Å². The lowest BCUT2D eigenvalue weighted by Gasteiger charge is -2.09. The second-order valence-corrected chi connectivity index (χ2v) is 5.38. The second-order valence-electron chi connectivity index (χ2n) is 4.97. The fourth-order valence-electron chi connectivity index (χ4n) is 2.04. The van der Waals surface area contributed by atoms with Crippen LogP contribution in [0.15, 0.2) is 50.7 Å². The zero-order valence-corrected chi connectivity index (χ0v) is 13.6. The molecule has 4 aromatic rings. The van der Waals surface area contributed by atoms with Crippen LogP contribution in [-0.2, 0) is 0 Å². The maximum absolute atomic E-state index is 13.3. The van der Waals surface area contributed by atoms with Crippen LogP contribution in [0.5, 0.6) is 0 Å². The van der Waals surface area contributed by atoms with Gasteiger partial charge >= 0.3 is 0 Å². The summed E-state index contributed by atoms with van der Waals surface area (Å²) in [4.78, 5) is 8.50. The third-order valence-electron chi connectivity index (χ3n) is 3.20. The van der Waals surface area contributed by atoms with Crippen LogP contribution in [0.25, 0.3) is 11.3 Å². The van der Waals surface area contributed by atoms with Gasteiger partial charge < -0.3 is 9.73 Å². The Morgan fingerprint density at radius 1 is 1.12 bits per heavy atom. The standard InChI is InChI=1S/C15H9ClFN7O2/c16-10-6-8(3-4-11(10)17)19-12-13(21-15-14(20-12)23-26-24-15)22-18-7-9-2-1-5-25-9/h1-7H,(H,19,20,23)(H,21,22,24). The third kappa shape index (κ3) is 3.30. The van der Waals surface area contributed by atoms with Gasteiger partial charge in [0.2, 0.25) is 11.3 Å². The van der Waals surface area contributed by atoms with Gasteiger partial charge in [-0.3, -0.25) is 5.43 Å². The lowest BCUT2D eigenvalue weighted by molar-refractivity contribution is 0.314. The molecule has 11 heteroatoms. The average molecular weight is 374 g/mol. The molecule has 0 aliphatic carbocycles. The number of hydrogen-bond donors (Lipinski definition) is 2. The van der Waals surface area contributed by atoms with Gasteiger partial charge in [0.25, 0.3) is 0 Å². The van der Waals surface area contributed by atoms with E-state index in [0.29, 0.717) is 11.4 Å². The summed E-state index contributed by atoms with van der Waals surface area (Å²) in [5, 5.41) is 14.3. The molecule has 2 N–H and O–H groups in total. The minimum Gasteiger partial charge on any atom is -0.463 e. The molecule has 4 rings (SSSR count). The Labute approximate surface area is 149 Å². The van der Waals surface area contributed by atoms with Crippen molar-refractivity contribution in [3.8, 4) is 0 Å². The second kappa shape index (κ2) is 6.76. The minimum atomic E-state index is -0.527. The van der Waals surface area contributed by atoms with E-state index in [1.54, 1.807) is 12.1 Å². The Kier molecular flexibility index (Phi) is 4.15.